The summed E-state index contributed by atoms with van der Waals surface area (Å²) in [7, 11) is 0. The average Bonchev–Trinajstić information content (AvgIpc) is 3.30. The molecule has 0 spiro atoms. The van der Waals surface area contributed by atoms with Crippen LogP contribution in [0.2, 0.25) is 0 Å². The van der Waals surface area contributed by atoms with Crippen molar-refractivity contribution in [2.75, 3.05) is 72.5 Å². The summed E-state index contributed by atoms with van der Waals surface area (Å²) in [5.41, 5.74) is 0.444. The molecule has 0 saturated carbocycles. The van der Waals surface area contributed by atoms with Crippen LogP contribution in [0.25, 0.3) is 0 Å². The van der Waals surface area contributed by atoms with Gasteiger partial charge in [0, 0.05) is 78.5 Å². The summed E-state index contributed by atoms with van der Waals surface area (Å²) in [6.45, 7) is 10.6. The zero-order chi connectivity index (χ0) is 52.5. The predicted molar refractivity (Wildman–Crippen MR) is 245 cm³/mol. The number of hydrogen-bond donors (Lipinski definition) is 4. The maximum absolute atomic E-state index is 13.4. The lowest BCUT2D eigenvalue weighted by atomic mass is 9.89. The highest BCUT2D eigenvalue weighted by Crippen LogP contribution is 2.32. The normalized spacial score (nSPS) is 24.3. The van der Waals surface area contributed by atoms with Gasteiger partial charge in [-0.3, -0.25) is 48.5 Å². The molecule has 0 aliphatic carbocycles. The van der Waals surface area contributed by atoms with Crippen LogP contribution in [0.1, 0.15) is 78.6 Å². The lowest BCUT2D eigenvalue weighted by Gasteiger charge is -2.44. The molecule has 0 aromatic heterocycles. The van der Waals surface area contributed by atoms with Crippen molar-refractivity contribution in [1.82, 2.24) is 21.3 Å². The molecule has 3 rings (SSSR count). The third kappa shape index (κ3) is 22.1. The molecule has 398 valence electrons. The number of carbonyl (C=O) groups excluding carboxylic acids is 9. The van der Waals surface area contributed by atoms with E-state index in [1.54, 1.807) is 44.2 Å². The molecule has 0 bridgehead atoms. The minimum atomic E-state index is -1.10. The monoisotopic (exact) mass is 1010 g/mol. The number of esters is 5. The third-order valence-corrected chi connectivity index (χ3v) is 10.9. The molecule has 1 aromatic carbocycles. The summed E-state index contributed by atoms with van der Waals surface area (Å²) in [6.07, 6.45) is -6.71. The fourth-order valence-electron chi connectivity index (χ4n) is 7.54. The maximum Gasteiger partial charge on any atom is 0.303 e. The van der Waals surface area contributed by atoms with E-state index < -0.39 is 109 Å². The summed E-state index contributed by atoms with van der Waals surface area (Å²) in [5, 5.41) is 11.2. The first-order valence-electron chi connectivity index (χ1n) is 23.4. The van der Waals surface area contributed by atoms with Crippen molar-refractivity contribution < 1.29 is 95.3 Å². The second kappa shape index (κ2) is 31.7. The molecule has 11 atom stereocenters. The van der Waals surface area contributed by atoms with Gasteiger partial charge in [0.05, 0.1) is 52.2 Å². The van der Waals surface area contributed by atoms with Crippen molar-refractivity contribution in [3.05, 3.63) is 35.9 Å². The van der Waals surface area contributed by atoms with Gasteiger partial charge in [-0.05, 0) is 6.42 Å². The van der Waals surface area contributed by atoms with Gasteiger partial charge < -0.3 is 68.1 Å². The van der Waals surface area contributed by atoms with E-state index >= 15 is 0 Å². The zero-order valence-corrected chi connectivity index (χ0v) is 41.6. The number of hydrogen-bond acceptors (Lipinski definition) is 21. The highest BCUT2D eigenvalue weighted by atomic mass is 16.7. The number of rotatable bonds is 30. The topological polar surface area (TPSA) is 303 Å². The molecule has 1 aromatic rings. The summed E-state index contributed by atoms with van der Waals surface area (Å²) >= 11 is 0. The van der Waals surface area contributed by atoms with Gasteiger partial charge in [0.2, 0.25) is 17.7 Å². The fraction of sp³-hybridized carbons (Fsp3) is 0.681. The zero-order valence-electron chi connectivity index (χ0n) is 41.6. The molecule has 24 nitrogen and oxygen atoms in total. The van der Waals surface area contributed by atoms with Crippen LogP contribution in [0.3, 0.4) is 0 Å². The van der Waals surface area contributed by atoms with Crippen LogP contribution in [-0.2, 0) is 90.5 Å². The van der Waals surface area contributed by atoms with Crippen LogP contribution >= 0.6 is 0 Å². The summed E-state index contributed by atoms with van der Waals surface area (Å²) in [4.78, 5) is 110. The Morgan fingerprint density at radius 3 is 1.70 bits per heavy atom. The van der Waals surface area contributed by atoms with E-state index in [-0.39, 0.29) is 97.0 Å². The van der Waals surface area contributed by atoms with Crippen molar-refractivity contribution in [3.8, 4) is 0 Å². The van der Waals surface area contributed by atoms with Gasteiger partial charge in [0.25, 0.3) is 0 Å². The second-order valence-corrected chi connectivity index (χ2v) is 16.7. The van der Waals surface area contributed by atoms with Crippen molar-refractivity contribution in [1.29, 1.82) is 0 Å². The number of ketones is 1. The Balaban J connectivity index is 1.46. The van der Waals surface area contributed by atoms with E-state index in [2.05, 4.69) is 21.3 Å². The van der Waals surface area contributed by atoms with Gasteiger partial charge in [-0.2, -0.15) is 0 Å². The van der Waals surface area contributed by atoms with Crippen LogP contribution in [0.5, 0.6) is 0 Å². The Bertz CT molecular complexity index is 1910. The molecular weight excluding hydrogens is 941 g/mol. The Kier molecular flexibility index (Phi) is 26.6. The van der Waals surface area contributed by atoms with E-state index in [0.717, 1.165) is 0 Å². The first-order chi connectivity index (χ1) is 33.8. The van der Waals surface area contributed by atoms with Crippen LogP contribution in [0.15, 0.2) is 30.3 Å². The number of Topliss-reactive ketones (excluding diaryl/α,β-unsaturated/α-hetero) is 1. The third-order valence-electron chi connectivity index (χ3n) is 10.9. The first kappa shape index (κ1) is 59.7. The number of carbonyl (C=O) groups is 9. The quantitative estimate of drug-likeness (QED) is 0.0343. The molecule has 2 heterocycles. The van der Waals surface area contributed by atoms with E-state index in [9.17, 15) is 43.2 Å². The molecule has 71 heavy (non-hydrogen) atoms. The summed E-state index contributed by atoms with van der Waals surface area (Å²) in [6, 6.07) is 6.69. The van der Waals surface area contributed by atoms with Gasteiger partial charge in [-0.15, -0.1) is 0 Å². The SMILES string of the molecule is CC(=O)N[C@H]1C(OCCOCCNC(=O)[C@H](CCC(=O)NCCOCCOC2O[C@H](COC(C)=O)[C@H](OC(C)=O)[C@H](OC(C)=O)[C@H]2C)NCC(=O)c2ccccc2)O[C@H](COC(C)=O)[C@H](C)[C@@H]1OC(C)=O. The molecular formula is C47H70N4O20. The Morgan fingerprint density at radius 1 is 0.592 bits per heavy atom. The molecule has 4 N–H and O–H groups in total. The smallest absolute Gasteiger partial charge is 0.303 e. The number of nitrogens with one attached hydrogen (secondary N) is 4. The van der Waals surface area contributed by atoms with Crippen LogP contribution in [0.4, 0.5) is 0 Å². The maximum atomic E-state index is 13.4. The molecule has 2 saturated heterocycles. The molecule has 0 radical (unpaired) electrons. The number of amides is 3. The Hall–Kier alpha value is -5.63. The van der Waals surface area contributed by atoms with Gasteiger partial charge >= 0.3 is 29.8 Å². The predicted octanol–water partition coefficient (Wildman–Crippen LogP) is 0.0545. The largest absolute Gasteiger partial charge is 0.463 e. The van der Waals surface area contributed by atoms with Gasteiger partial charge in [-0.1, -0.05) is 44.2 Å². The molecule has 2 unspecified atom stereocenters. The van der Waals surface area contributed by atoms with E-state index in [1.165, 1.54) is 41.5 Å². The van der Waals surface area contributed by atoms with Crippen LogP contribution < -0.4 is 21.3 Å². The standard InChI is InChI=1S/C47H70N4O20/c1-27-38(25-65-30(4)53)70-47(41(51-29(3)52)42(27)67-32(6)55)64-23-21-62-19-17-49-45(60)36(50-24-37(58)35-12-10-9-11-13-35)14-15-40(59)48-16-18-61-20-22-63-46-28(2)43(68-33(7)56)44(69-34(8)57)39(71-46)26-66-31(5)54/h9-13,27-28,36,38-39,41-44,46-47,50H,14-26H2,1-8H3,(H,48,59)(H,49,60)(H,51,52)/t27-,28+,36-,38+,39+,41+,42-,43+,44-,46?,47?/m0/s1. The number of benzene rings is 1. The molecule has 2 aliphatic rings. The molecule has 24 heteroatoms. The number of ether oxygens (including phenoxy) is 11. The van der Waals surface area contributed by atoms with Crippen LogP contribution in [-0.4, -0.2) is 181 Å². The minimum Gasteiger partial charge on any atom is -0.463 e. The first-order valence-corrected chi connectivity index (χ1v) is 23.4. The van der Waals surface area contributed by atoms with Crippen molar-refractivity contribution in [3.63, 3.8) is 0 Å². The highest BCUT2D eigenvalue weighted by Gasteiger charge is 2.49. The Labute approximate surface area is 412 Å². The van der Waals surface area contributed by atoms with Gasteiger partial charge in [-0.25, -0.2) is 0 Å². The van der Waals surface area contributed by atoms with E-state index in [4.69, 9.17) is 52.1 Å². The Morgan fingerprint density at radius 2 is 1.13 bits per heavy atom. The summed E-state index contributed by atoms with van der Waals surface area (Å²) in [5.74, 6) is -5.60. The fourth-order valence-corrected chi connectivity index (χ4v) is 7.54. The van der Waals surface area contributed by atoms with E-state index in [0.29, 0.717) is 5.56 Å². The molecule has 3 amide bonds. The van der Waals surface area contributed by atoms with Gasteiger partial charge in [0.1, 0.15) is 43.7 Å². The van der Waals surface area contributed by atoms with Crippen LogP contribution in [0, 0.1) is 11.8 Å². The minimum absolute atomic E-state index is 0.0203. The highest BCUT2D eigenvalue weighted by molar-refractivity contribution is 5.98. The lowest BCUT2D eigenvalue weighted by molar-refractivity contribution is -0.290. The lowest BCUT2D eigenvalue weighted by Crippen LogP contribution is -2.63. The summed E-state index contributed by atoms with van der Waals surface area (Å²) < 4.78 is 61.7. The van der Waals surface area contributed by atoms with E-state index in [1.807, 2.05) is 0 Å². The average molecular weight is 1010 g/mol. The van der Waals surface area contributed by atoms with Crippen molar-refractivity contribution in [2.45, 2.75) is 123 Å². The second-order valence-electron chi connectivity index (χ2n) is 16.7. The molecule has 2 aliphatic heterocycles. The van der Waals surface area contributed by atoms with Gasteiger partial charge in [0.15, 0.2) is 24.5 Å². The molecule has 2 fully saturated rings. The van der Waals surface area contributed by atoms with Crippen molar-refractivity contribution >= 4 is 53.4 Å². The van der Waals surface area contributed by atoms with Crippen molar-refractivity contribution in [2.24, 2.45) is 11.8 Å².